The summed E-state index contributed by atoms with van der Waals surface area (Å²) in [4.78, 5) is 2.53. The Balaban J connectivity index is 1.71. The van der Waals surface area contributed by atoms with E-state index in [-0.39, 0.29) is 11.5 Å². The van der Waals surface area contributed by atoms with Gasteiger partial charge in [0.2, 0.25) is 0 Å². The Morgan fingerprint density at radius 2 is 2.27 bits per heavy atom. The predicted molar refractivity (Wildman–Crippen MR) is 101 cm³/mol. The second-order valence-corrected chi connectivity index (χ2v) is 7.70. The van der Waals surface area contributed by atoms with Crippen molar-refractivity contribution in [3.8, 4) is 0 Å². The molecule has 3 rings (SSSR count). The fourth-order valence-electron chi connectivity index (χ4n) is 4.02. The Kier molecular flexibility index (Phi) is 6.94. The van der Waals surface area contributed by atoms with Crippen LogP contribution in [0.3, 0.4) is 0 Å². The smallest absolute Gasteiger partial charge is 0.156 e. The van der Waals surface area contributed by atoms with Gasteiger partial charge in [0.25, 0.3) is 0 Å². The summed E-state index contributed by atoms with van der Waals surface area (Å²) in [5.41, 5.74) is 1.60. The van der Waals surface area contributed by atoms with Crippen LogP contribution in [-0.4, -0.2) is 44.5 Å². The number of piperidine rings is 1. The van der Waals surface area contributed by atoms with E-state index >= 15 is 0 Å². The van der Waals surface area contributed by atoms with Crippen molar-refractivity contribution in [2.24, 2.45) is 5.41 Å². The largest absolute Gasteiger partial charge is 0.466 e. The van der Waals surface area contributed by atoms with E-state index in [2.05, 4.69) is 30.1 Å². The predicted octanol–water partition coefficient (Wildman–Crippen LogP) is 4.10. The molecule has 26 heavy (non-hydrogen) atoms. The maximum atomic E-state index is 5.82. The van der Waals surface area contributed by atoms with Crippen LogP contribution < -0.4 is 0 Å². The highest BCUT2D eigenvalue weighted by Crippen LogP contribution is 2.35. The van der Waals surface area contributed by atoms with Crippen LogP contribution in [0.5, 0.6) is 0 Å². The third kappa shape index (κ3) is 5.22. The number of hydrogen-bond acceptors (Lipinski definition) is 5. The van der Waals surface area contributed by atoms with Crippen molar-refractivity contribution >= 4 is 0 Å². The summed E-state index contributed by atoms with van der Waals surface area (Å²) in [6, 6.07) is 0.194. The van der Waals surface area contributed by atoms with Crippen LogP contribution in [-0.2, 0) is 18.9 Å². The Hall–Kier alpha value is -1.56. The summed E-state index contributed by atoms with van der Waals surface area (Å²) in [5.74, 6) is 0.894. The molecule has 0 radical (unpaired) electrons. The Morgan fingerprint density at radius 3 is 3.00 bits per heavy atom. The van der Waals surface area contributed by atoms with Gasteiger partial charge in [-0.05, 0) is 38.6 Å². The molecule has 0 aromatic rings. The average Bonchev–Trinajstić information content (AvgIpc) is 2.68. The monoisotopic (exact) mass is 361 g/mol. The molecule has 2 aliphatic heterocycles. The summed E-state index contributed by atoms with van der Waals surface area (Å²) in [7, 11) is 1.66. The molecule has 2 atom stereocenters. The summed E-state index contributed by atoms with van der Waals surface area (Å²) < 4.78 is 22.0. The van der Waals surface area contributed by atoms with Crippen LogP contribution in [0, 0.1) is 5.41 Å². The number of allylic oxidation sites excluding steroid dienone is 3. The van der Waals surface area contributed by atoms with Crippen molar-refractivity contribution in [2.45, 2.75) is 45.1 Å². The molecule has 3 aliphatic rings. The van der Waals surface area contributed by atoms with Crippen molar-refractivity contribution in [3.05, 3.63) is 48.3 Å². The minimum absolute atomic E-state index is 0.127. The first-order chi connectivity index (χ1) is 12.7. The minimum Gasteiger partial charge on any atom is -0.466 e. The molecule has 0 N–H and O–H groups in total. The van der Waals surface area contributed by atoms with Gasteiger partial charge in [-0.2, -0.15) is 0 Å². The number of likely N-dealkylation sites (tertiary alicyclic amines) is 1. The fourth-order valence-corrected chi connectivity index (χ4v) is 4.02. The molecule has 0 aromatic heterocycles. The zero-order valence-electron chi connectivity index (χ0n) is 16.0. The van der Waals surface area contributed by atoms with Gasteiger partial charge < -0.3 is 18.9 Å². The Labute approximate surface area is 156 Å². The molecule has 0 amide bonds. The van der Waals surface area contributed by atoms with Crippen molar-refractivity contribution in [1.29, 1.82) is 0 Å². The number of ether oxygens (including phenoxy) is 4. The second-order valence-electron chi connectivity index (χ2n) is 7.70. The summed E-state index contributed by atoms with van der Waals surface area (Å²) >= 11 is 0. The Bertz CT molecular complexity index is 581. The quantitative estimate of drug-likeness (QED) is 0.481. The van der Waals surface area contributed by atoms with Crippen molar-refractivity contribution < 1.29 is 18.9 Å². The van der Waals surface area contributed by atoms with Gasteiger partial charge in [-0.3, -0.25) is 4.90 Å². The van der Waals surface area contributed by atoms with E-state index in [0.29, 0.717) is 13.4 Å². The van der Waals surface area contributed by atoms with E-state index in [0.717, 1.165) is 44.5 Å². The van der Waals surface area contributed by atoms with Gasteiger partial charge in [-0.15, -0.1) is 0 Å². The summed E-state index contributed by atoms with van der Waals surface area (Å²) in [6.45, 7) is 5.42. The number of hydrogen-bond donors (Lipinski definition) is 0. The molecule has 5 heteroatoms. The molecular weight excluding hydrogens is 330 g/mol. The molecule has 0 bridgehead atoms. The lowest BCUT2D eigenvalue weighted by Crippen LogP contribution is -2.49. The fraction of sp³-hybridized carbons (Fsp3) is 0.619. The van der Waals surface area contributed by atoms with Crippen LogP contribution in [0.2, 0.25) is 0 Å². The third-order valence-electron chi connectivity index (χ3n) is 5.31. The number of nitrogens with zero attached hydrogens (tertiary/aromatic N) is 1. The maximum absolute atomic E-state index is 5.82. The highest BCUT2D eigenvalue weighted by atomic mass is 16.7. The summed E-state index contributed by atoms with van der Waals surface area (Å²) in [5, 5.41) is 0. The van der Waals surface area contributed by atoms with Gasteiger partial charge >= 0.3 is 0 Å². The molecule has 0 saturated carbocycles. The zero-order chi connectivity index (χ0) is 18.2. The van der Waals surface area contributed by atoms with Crippen molar-refractivity contribution in [3.63, 3.8) is 0 Å². The first kappa shape index (κ1) is 19.2. The highest BCUT2D eigenvalue weighted by molar-refractivity contribution is 5.21. The maximum Gasteiger partial charge on any atom is 0.156 e. The molecular formula is C21H31NO4. The van der Waals surface area contributed by atoms with Gasteiger partial charge in [0.05, 0.1) is 12.6 Å². The van der Waals surface area contributed by atoms with E-state index in [4.69, 9.17) is 18.9 Å². The average molecular weight is 361 g/mol. The van der Waals surface area contributed by atoms with E-state index < -0.39 is 0 Å². The minimum atomic E-state index is 0.127. The van der Waals surface area contributed by atoms with Gasteiger partial charge in [0, 0.05) is 19.1 Å². The zero-order valence-corrected chi connectivity index (χ0v) is 16.0. The molecule has 2 unspecified atom stereocenters. The molecule has 0 spiro atoms. The van der Waals surface area contributed by atoms with Crippen LogP contribution in [0.25, 0.3) is 0 Å². The molecule has 0 aromatic carbocycles. The van der Waals surface area contributed by atoms with Gasteiger partial charge in [-0.25, -0.2) is 0 Å². The summed E-state index contributed by atoms with van der Waals surface area (Å²) in [6.07, 6.45) is 17.1. The topological polar surface area (TPSA) is 40.2 Å². The molecule has 1 saturated heterocycles. The van der Waals surface area contributed by atoms with E-state index in [9.17, 15) is 0 Å². The van der Waals surface area contributed by atoms with E-state index in [1.165, 1.54) is 12.0 Å². The van der Waals surface area contributed by atoms with E-state index in [1.54, 1.807) is 25.9 Å². The number of rotatable bonds is 8. The first-order valence-electron chi connectivity index (χ1n) is 9.53. The normalized spacial score (nSPS) is 27.3. The molecule has 5 nitrogen and oxygen atoms in total. The van der Waals surface area contributed by atoms with Crippen LogP contribution >= 0.6 is 0 Å². The van der Waals surface area contributed by atoms with Crippen LogP contribution in [0.15, 0.2) is 48.3 Å². The lowest BCUT2D eigenvalue weighted by atomic mass is 9.81. The van der Waals surface area contributed by atoms with Crippen LogP contribution in [0.1, 0.15) is 39.0 Å². The molecule has 1 aliphatic carbocycles. The SMILES string of the molecule is COCOCC1(C)CCCN(C(CC2=CC=CCC2)C2=COC=CO2)C1. The lowest BCUT2D eigenvalue weighted by Gasteiger charge is -2.44. The van der Waals surface area contributed by atoms with Crippen molar-refractivity contribution in [1.82, 2.24) is 4.90 Å². The van der Waals surface area contributed by atoms with Gasteiger partial charge in [0.1, 0.15) is 25.6 Å². The third-order valence-corrected chi connectivity index (χ3v) is 5.31. The van der Waals surface area contributed by atoms with Crippen LogP contribution in [0.4, 0.5) is 0 Å². The molecule has 144 valence electrons. The lowest BCUT2D eigenvalue weighted by molar-refractivity contribution is -0.0796. The van der Waals surface area contributed by atoms with E-state index in [1.807, 2.05) is 0 Å². The van der Waals surface area contributed by atoms with Gasteiger partial charge in [-0.1, -0.05) is 30.7 Å². The highest BCUT2D eigenvalue weighted by Gasteiger charge is 2.36. The van der Waals surface area contributed by atoms with Gasteiger partial charge in [0.15, 0.2) is 5.76 Å². The second kappa shape index (κ2) is 9.40. The standard InChI is InChI=1S/C21H31NO4/c1-21(16-25-17-23-2)9-6-10-22(15-21)19(20-14-24-11-12-26-20)13-18-7-4-3-5-8-18/h3-4,7,11-12,14,19H,5-6,8-10,13,15-17H2,1-2H3. The first-order valence-corrected chi connectivity index (χ1v) is 9.53. The Morgan fingerprint density at radius 1 is 1.35 bits per heavy atom. The molecule has 2 heterocycles. The number of methoxy groups -OCH3 is 1. The molecule has 1 fully saturated rings. The van der Waals surface area contributed by atoms with Crippen molar-refractivity contribution in [2.75, 3.05) is 33.6 Å².